The molecule has 1 aromatic heterocycles. The van der Waals surface area contributed by atoms with Crippen molar-refractivity contribution in [3.8, 4) is 0 Å². The summed E-state index contributed by atoms with van der Waals surface area (Å²) in [7, 11) is 0. The summed E-state index contributed by atoms with van der Waals surface area (Å²) in [5.41, 5.74) is 5.42. The Labute approximate surface area is 116 Å². The molecule has 20 heavy (non-hydrogen) atoms. The van der Waals surface area contributed by atoms with Crippen molar-refractivity contribution in [1.82, 2.24) is 9.97 Å². The van der Waals surface area contributed by atoms with Crippen molar-refractivity contribution in [3.63, 3.8) is 0 Å². The number of nitrogens with two attached hydrogens (primary N) is 1. The van der Waals surface area contributed by atoms with Gasteiger partial charge in [-0.2, -0.15) is 13.2 Å². The summed E-state index contributed by atoms with van der Waals surface area (Å²) in [5, 5.41) is 3.03. The molecule has 0 aromatic carbocycles. The SMILES string of the molecule is CC(Nc1cc(N)nc(C(F)(F)F)n1)C1CCCCC1. The van der Waals surface area contributed by atoms with Crippen LogP contribution in [0.3, 0.4) is 0 Å². The van der Waals surface area contributed by atoms with Gasteiger partial charge >= 0.3 is 6.18 Å². The summed E-state index contributed by atoms with van der Waals surface area (Å²) in [6.45, 7) is 1.97. The van der Waals surface area contributed by atoms with Gasteiger partial charge in [-0.15, -0.1) is 0 Å². The van der Waals surface area contributed by atoms with Crippen LogP contribution in [-0.4, -0.2) is 16.0 Å². The molecule has 1 aromatic rings. The highest BCUT2D eigenvalue weighted by molar-refractivity contribution is 5.45. The quantitative estimate of drug-likeness (QED) is 0.894. The predicted molar refractivity (Wildman–Crippen MR) is 71.1 cm³/mol. The molecular formula is C13H19F3N4. The van der Waals surface area contributed by atoms with E-state index in [0.717, 1.165) is 12.8 Å². The normalized spacial score (nSPS) is 18.8. The third-order valence-electron chi connectivity index (χ3n) is 3.73. The number of halogens is 3. The van der Waals surface area contributed by atoms with Gasteiger partial charge in [0, 0.05) is 12.1 Å². The topological polar surface area (TPSA) is 63.8 Å². The van der Waals surface area contributed by atoms with Gasteiger partial charge in [-0.25, -0.2) is 9.97 Å². The lowest BCUT2D eigenvalue weighted by molar-refractivity contribution is -0.144. The van der Waals surface area contributed by atoms with Crippen molar-refractivity contribution >= 4 is 11.6 Å². The molecule has 1 aliphatic rings. The summed E-state index contributed by atoms with van der Waals surface area (Å²) in [6.07, 6.45) is 1.20. The maximum Gasteiger partial charge on any atom is 0.451 e. The Hall–Kier alpha value is -1.53. The Morgan fingerprint density at radius 1 is 1.25 bits per heavy atom. The molecule has 0 radical (unpaired) electrons. The van der Waals surface area contributed by atoms with Crippen molar-refractivity contribution in [2.45, 2.75) is 51.2 Å². The smallest absolute Gasteiger partial charge is 0.384 e. The molecule has 112 valence electrons. The van der Waals surface area contributed by atoms with Crippen LogP contribution in [0.1, 0.15) is 44.9 Å². The fourth-order valence-corrected chi connectivity index (χ4v) is 2.65. The minimum atomic E-state index is -4.58. The molecule has 1 fully saturated rings. The molecule has 1 aliphatic carbocycles. The molecule has 1 saturated carbocycles. The average molecular weight is 288 g/mol. The van der Waals surface area contributed by atoms with Gasteiger partial charge in [-0.05, 0) is 25.7 Å². The molecule has 2 rings (SSSR count). The highest BCUT2D eigenvalue weighted by Crippen LogP contribution is 2.30. The first-order chi connectivity index (χ1) is 9.36. The molecule has 3 N–H and O–H groups in total. The van der Waals surface area contributed by atoms with Crippen LogP contribution in [0.25, 0.3) is 0 Å². The first-order valence-electron chi connectivity index (χ1n) is 6.84. The maximum absolute atomic E-state index is 12.6. The Bertz CT molecular complexity index is 455. The molecule has 0 aliphatic heterocycles. The van der Waals surface area contributed by atoms with Crippen LogP contribution in [0.2, 0.25) is 0 Å². The molecule has 7 heteroatoms. The third kappa shape index (κ3) is 3.74. The zero-order valence-corrected chi connectivity index (χ0v) is 11.4. The summed E-state index contributed by atoms with van der Waals surface area (Å²) in [6, 6.07) is 1.42. The highest BCUT2D eigenvalue weighted by Gasteiger charge is 2.35. The summed E-state index contributed by atoms with van der Waals surface area (Å²) in [4.78, 5) is 6.74. The maximum atomic E-state index is 12.6. The van der Waals surface area contributed by atoms with E-state index < -0.39 is 12.0 Å². The molecule has 0 bridgehead atoms. The minimum absolute atomic E-state index is 0.0747. The molecule has 1 heterocycles. The van der Waals surface area contributed by atoms with Gasteiger partial charge in [0.05, 0.1) is 0 Å². The van der Waals surface area contributed by atoms with E-state index in [1.54, 1.807) is 0 Å². The van der Waals surface area contributed by atoms with Crippen molar-refractivity contribution in [1.29, 1.82) is 0 Å². The van der Waals surface area contributed by atoms with Crippen LogP contribution in [0, 0.1) is 5.92 Å². The van der Waals surface area contributed by atoms with Crippen molar-refractivity contribution < 1.29 is 13.2 Å². The van der Waals surface area contributed by atoms with E-state index in [4.69, 9.17) is 5.73 Å². The van der Waals surface area contributed by atoms with Gasteiger partial charge in [-0.3, -0.25) is 0 Å². The Morgan fingerprint density at radius 3 is 2.50 bits per heavy atom. The summed E-state index contributed by atoms with van der Waals surface area (Å²) in [5.74, 6) is -0.765. The van der Waals surface area contributed by atoms with Crippen LogP contribution in [0.5, 0.6) is 0 Å². The fourth-order valence-electron chi connectivity index (χ4n) is 2.65. The van der Waals surface area contributed by atoms with E-state index in [1.807, 2.05) is 6.92 Å². The number of nitrogens with one attached hydrogen (secondary N) is 1. The Kier molecular flexibility index (Phi) is 4.35. The van der Waals surface area contributed by atoms with Gasteiger partial charge in [0.1, 0.15) is 11.6 Å². The van der Waals surface area contributed by atoms with Crippen molar-refractivity contribution in [2.24, 2.45) is 5.92 Å². The van der Waals surface area contributed by atoms with Crippen molar-refractivity contribution in [2.75, 3.05) is 11.1 Å². The van der Waals surface area contributed by atoms with Crippen LogP contribution in [0.4, 0.5) is 24.8 Å². The molecule has 1 unspecified atom stereocenters. The first-order valence-corrected chi connectivity index (χ1v) is 6.84. The first kappa shape index (κ1) is 14.9. The number of nitrogens with zero attached hydrogens (tertiary/aromatic N) is 2. The van der Waals surface area contributed by atoms with Crippen molar-refractivity contribution in [3.05, 3.63) is 11.9 Å². The van der Waals surface area contributed by atoms with Crippen LogP contribution >= 0.6 is 0 Å². The second kappa shape index (κ2) is 5.85. The van der Waals surface area contributed by atoms with E-state index >= 15 is 0 Å². The summed E-state index contributed by atoms with van der Waals surface area (Å²) >= 11 is 0. The van der Waals surface area contributed by atoms with E-state index in [0.29, 0.717) is 5.92 Å². The Balaban J connectivity index is 2.10. The number of aromatic nitrogens is 2. The van der Waals surface area contributed by atoms with E-state index in [-0.39, 0.29) is 17.7 Å². The van der Waals surface area contributed by atoms with Crippen LogP contribution in [-0.2, 0) is 6.18 Å². The van der Waals surface area contributed by atoms with E-state index in [1.165, 1.54) is 25.3 Å². The lowest BCUT2D eigenvalue weighted by Crippen LogP contribution is -2.28. The Morgan fingerprint density at radius 2 is 1.90 bits per heavy atom. The van der Waals surface area contributed by atoms with Gasteiger partial charge in [0.2, 0.25) is 5.82 Å². The zero-order chi connectivity index (χ0) is 14.8. The number of nitrogen functional groups attached to an aromatic ring is 1. The van der Waals surface area contributed by atoms with Crippen LogP contribution in [0.15, 0.2) is 6.07 Å². The van der Waals surface area contributed by atoms with Gasteiger partial charge in [0.15, 0.2) is 0 Å². The number of hydrogen-bond acceptors (Lipinski definition) is 4. The van der Waals surface area contributed by atoms with Gasteiger partial charge in [0.25, 0.3) is 0 Å². The van der Waals surface area contributed by atoms with E-state index in [2.05, 4.69) is 15.3 Å². The molecular weight excluding hydrogens is 269 g/mol. The second-order valence-electron chi connectivity index (χ2n) is 5.33. The molecule has 0 saturated heterocycles. The number of rotatable bonds is 3. The van der Waals surface area contributed by atoms with Gasteiger partial charge < -0.3 is 11.1 Å². The summed E-state index contributed by atoms with van der Waals surface area (Å²) < 4.78 is 37.9. The molecule has 0 amide bonds. The molecule has 0 spiro atoms. The number of alkyl halides is 3. The monoisotopic (exact) mass is 288 g/mol. The third-order valence-corrected chi connectivity index (χ3v) is 3.73. The lowest BCUT2D eigenvalue weighted by atomic mass is 9.84. The van der Waals surface area contributed by atoms with E-state index in [9.17, 15) is 13.2 Å². The minimum Gasteiger partial charge on any atom is -0.384 e. The van der Waals surface area contributed by atoms with Gasteiger partial charge in [-0.1, -0.05) is 19.3 Å². The standard InChI is InChI=1S/C13H19F3N4/c1-8(9-5-3-2-4-6-9)18-11-7-10(17)19-12(20-11)13(14,15)16/h7-9H,2-6H2,1H3,(H3,17,18,19,20). The molecule has 4 nitrogen and oxygen atoms in total. The zero-order valence-electron chi connectivity index (χ0n) is 11.4. The molecule has 1 atom stereocenters. The predicted octanol–water partition coefficient (Wildman–Crippen LogP) is 3.46. The average Bonchev–Trinajstić information content (AvgIpc) is 2.38. The number of hydrogen-bond donors (Lipinski definition) is 2. The number of anilines is 2. The second-order valence-corrected chi connectivity index (χ2v) is 5.33. The lowest BCUT2D eigenvalue weighted by Gasteiger charge is -2.28. The largest absolute Gasteiger partial charge is 0.451 e. The highest BCUT2D eigenvalue weighted by atomic mass is 19.4. The van der Waals surface area contributed by atoms with Crippen LogP contribution < -0.4 is 11.1 Å². The fraction of sp³-hybridized carbons (Fsp3) is 0.692.